The Morgan fingerprint density at radius 2 is 2.00 bits per heavy atom. The van der Waals surface area contributed by atoms with Crippen LogP contribution >= 0.6 is 15.9 Å². The predicted molar refractivity (Wildman–Crippen MR) is 81.9 cm³/mol. The zero-order valence-electron chi connectivity index (χ0n) is 11.0. The fourth-order valence-electron chi connectivity index (χ4n) is 2.45. The molecule has 0 aliphatic heterocycles. The molecule has 0 unspecified atom stereocenters. The van der Waals surface area contributed by atoms with Gasteiger partial charge in [0.05, 0.1) is 23.3 Å². The molecule has 1 aliphatic carbocycles. The van der Waals surface area contributed by atoms with Crippen molar-refractivity contribution >= 4 is 44.4 Å². The number of hydrogen-bond donors (Lipinski definition) is 2. The quantitative estimate of drug-likeness (QED) is 0.893. The van der Waals surface area contributed by atoms with Gasteiger partial charge >= 0.3 is 5.97 Å². The Hall–Kier alpha value is -1.95. The SMILES string of the molecule is O=C(O)C1CC(C(=O)Nc2cnc3ccc(Br)cc3c2)C1. The summed E-state index contributed by atoms with van der Waals surface area (Å²) in [6.07, 6.45) is 2.43. The average molecular weight is 349 g/mol. The highest BCUT2D eigenvalue weighted by Crippen LogP contribution is 2.34. The van der Waals surface area contributed by atoms with Crippen LogP contribution in [0, 0.1) is 11.8 Å². The van der Waals surface area contributed by atoms with Gasteiger partial charge in [-0.05, 0) is 37.1 Å². The van der Waals surface area contributed by atoms with E-state index in [0.717, 1.165) is 15.4 Å². The molecular weight excluding hydrogens is 336 g/mol. The molecule has 0 spiro atoms. The van der Waals surface area contributed by atoms with Crippen molar-refractivity contribution in [2.24, 2.45) is 11.8 Å². The highest BCUT2D eigenvalue weighted by molar-refractivity contribution is 9.10. The Morgan fingerprint density at radius 3 is 2.71 bits per heavy atom. The number of nitrogens with one attached hydrogen (secondary N) is 1. The summed E-state index contributed by atoms with van der Waals surface area (Å²) in [5.74, 6) is -1.56. The van der Waals surface area contributed by atoms with Gasteiger partial charge in [0.2, 0.25) is 5.91 Å². The van der Waals surface area contributed by atoms with Crippen LogP contribution in [0.3, 0.4) is 0 Å². The van der Waals surface area contributed by atoms with Crippen molar-refractivity contribution in [3.8, 4) is 0 Å². The maximum absolute atomic E-state index is 12.0. The number of carbonyl (C=O) groups excluding carboxylic acids is 1. The minimum absolute atomic E-state index is 0.136. The Balaban J connectivity index is 1.70. The zero-order chi connectivity index (χ0) is 15.0. The first-order valence-electron chi connectivity index (χ1n) is 6.62. The third kappa shape index (κ3) is 2.90. The van der Waals surface area contributed by atoms with Crippen molar-refractivity contribution in [1.82, 2.24) is 4.98 Å². The van der Waals surface area contributed by atoms with Crippen molar-refractivity contribution in [1.29, 1.82) is 0 Å². The molecule has 1 aliphatic rings. The first kappa shape index (κ1) is 14.0. The summed E-state index contributed by atoms with van der Waals surface area (Å²) in [5, 5.41) is 12.6. The normalized spacial score (nSPS) is 20.8. The van der Waals surface area contributed by atoms with E-state index in [2.05, 4.69) is 26.2 Å². The summed E-state index contributed by atoms with van der Waals surface area (Å²) in [4.78, 5) is 27.1. The maximum Gasteiger partial charge on any atom is 0.306 e. The number of fused-ring (bicyclic) bond motifs is 1. The zero-order valence-corrected chi connectivity index (χ0v) is 12.6. The Labute approximate surface area is 129 Å². The molecule has 0 bridgehead atoms. The molecule has 2 N–H and O–H groups in total. The van der Waals surface area contributed by atoms with Gasteiger partial charge < -0.3 is 10.4 Å². The molecule has 0 saturated heterocycles. The summed E-state index contributed by atoms with van der Waals surface area (Å²) in [7, 11) is 0. The highest BCUT2D eigenvalue weighted by atomic mass is 79.9. The lowest BCUT2D eigenvalue weighted by molar-refractivity contribution is -0.147. The molecule has 1 amide bonds. The van der Waals surface area contributed by atoms with Crippen LogP contribution in [0.2, 0.25) is 0 Å². The Bertz CT molecular complexity index is 726. The molecule has 6 heteroatoms. The minimum Gasteiger partial charge on any atom is -0.481 e. The van der Waals surface area contributed by atoms with E-state index in [9.17, 15) is 9.59 Å². The van der Waals surface area contributed by atoms with Gasteiger partial charge in [-0.2, -0.15) is 0 Å². The van der Waals surface area contributed by atoms with Crippen molar-refractivity contribution in [2.45, 2.75) is 12.8 Å². The topological polar surface area (TPSA) is 79.3 Å². The van der Waals surface area contributed by atoms with Crippen LogP contribution in [-0.4, -0.2) is 22.0 Å². The Kier molecular flexibility index (Phi) is 3.63. The number of amides is 1. The number of aliphatic carboxylic acids is 1. The molecule has 2 aromatic rings. The van der Waals surface area contributed by atoms with E-state index in [0.29, 0.717) is 18.5 Å². The molecule has 1 heterocycles. The largest absolute Gasteiger partial charge is 0.481 e. The number of carboxylic acids is 1. The number of pyridine rings is 1. The molecule has 5 nitrogen and oxygen atoms in total. The van der Waals surface area contributed by atoms with Crippen LogP contribution in [0.1, 0.15) is 12.8 Å². The van der Waals surface area contributed by atoms with E-state index in [-0.39, 0.29) is 17.7 Å². The molecule has 21 heavy (non-hydrogen) atoms. The van der Waals surface area contributed by atoms with Gasteiger partial charge in [-0.25, -0.2) is 0 Å². The molecule has 1 aromatic heterocycles. The van der Waals surface area contributed by atoms with Crippen LogP contribution in [0.15, 0.2) is 34.9 Å². The third-order valence-corrected chi connectivity index (χ3v) is 4.26. The van der Waals surface area contributed by atoms with E-state index in [1.165, 1.54) is 0 Å². The smallest absolute Gasteiger partial charge is 0.306 e. The number of anilines is 1. The lowest BCUT2D eigenvalue weighted by Crippen LogP contribution is -2.38. The number of nitrogens with zero attached hydrogens (tertiary/aromatic N) is 1. The van der Waals surface area contributed by atoms with Gasteiger partial charge in [-0.3, -0.25) is 14.6 Å². The van der Waals surface area contributed by atoms with E-state index in [1.54, 1.807) is 6.20 Å². The molecule has 1 fully saturated rings. The lowest BCUT2D eigenvalue weighted by Gasteiger charge is -2.30. The first-order chi connectivity index (χ1) is 10.0. The van der Waals surface area contributed by atoms with Crippen molar-refractivity contribution in [2.75, 3.05) is 5.32 Å². The maximum atomic E-state index is 12.0. The van der Waals surface area contributed by atoms with Gasteiger partial charge in [-0.15, -0.1) is 0 Å². The molecule has 108 valence electrons. The number of hydrogen-bond acceptors (Lipinski definition) is 3. The number of rotatable bonds is 3. The monoisotopic (exact) mass is 348 g/mol. The van der Waals surface area contributed by atoms with Crippen molar-refractivity contribution < 1.29 is 14.7 Å². The molecule has 0 radical (unpaired) electrons. The van der Waals surface area contributed by atoms with Crippen LogP contribution in [0.4, 0.5) is 5.69 Å². The van der Waals surface area contributed by atoms with Gasteiger partial charge in [-0.1, -0.05) is 15.9 Å². The standard InChI is InChI=1S/C15H13BrN2O3/c16-11-1-2-13-8(5-11)6-12(7-17-13)18-14(19)9-3-10(4-9)15(20)21/h1-2,5-7,9-10H,3-4H2,(H,18,19)(H,20,21). The number of benzene rings is 1. The summed E-state index contributed by atoms with van der Waals surface area (Å²) < 4.78 is 0.948. The molecule has 0 atom stereocenters. The highest BCUT2D eigenvalue weighted by Gasteiger charge is 2.38. The van der Waals surface area contributed by atoms with E-state index >= 15 is 0 Å². The van der Waals surface area contributed by atoms with Crippen molar-refractivity contribution in [3.63, 3.8) is 0 Å². The second-order valence-electron chi connectivity index (χ2n) is 5.25. The molecular formula is C15H13BrN2O3. The number of carboxylic acid groups (broad SMARTS) is 1. The van der Waals surface area contributed by atoms with Crippen LogP contribution < -0.4 is 5.32 Å². The van der Waals surface area contributed by atoms with Gasteiger partial charge in [0, 0.05) is 15.8 Å². The second kappa shape index (κ2) is 5.44. The second-order valence-corrected chi connectivity index (χ2v) is 6.17. The van der Waals surface area contributed by atoms with Crippen LogP contribution in [0.25, 0.3) is 10.9 Å². The Morgan fingerprint density at radius 1 is 1.24 bits per heavy atom. The lowest BCUT2D eigenvalue weighted by atomic mass is 9.74. The van der Waals surface area contributed by atoms with E-state index in [4.69, 9.17) is 5.11 Å². The number of aromatic nitrogens is 1. The summed E-state index contributed by atoms with van der Waals surface area (Å²) in [6.45, 7) is 0. The van der Waals surface area contributed by atoms with Gasteiger partial charge in [0.1, 0.15) is 0 Å². The minimum atomic E-state index is -0.823. The van der Waals surface area contributed by atoms with E-state index < -0.39 is 5.97 Å². The number of halogens is 1. The first-order valence-corrected chi connectivity index (χ1v) is 7.41. The summed E-state index contributed by atoms with van der Waals surface area (Å²) in [6, 6.07) is 7.60. The van der Waals surface area contributed by atoms with Crippen molar-refractivity contribution in [3.05, 3.63) is 34.9 Å². The van der Waals surface area contributed by atoms with Gasteiger partial charge in [0.25, 0.3) is 0 Å². The molecule has 1 saturated carbocycles. The fraction of sp³-hybridized carbons (Fsp3) is 0.267. The fourth-order valence-corrected chi connectivity index (χ4v) is 2.83. The average Bonchev–Trinajstić information content (AvgIpc) is 2.35. The molecule has 1 aromatic carbocycles. The summed E-state index contributed by atoms with van der Waals surface area (Å²) >= 11 is 3.40. The predicted octanol–water partition coefficient (Wildman–Crippen LogP) is 3.05. The van der Waals surface area contributed by atoms with E-state index in [1.807, 2.05) is 24.3 Å². The third-order valence-electron chi connectivity index (χ3n) is 3.77. The number of carbonyl (C=O) groups is 2. The van der Waals surface area contributed by atoms with Crippen LogP contribution in [-0.2, 0) is 9.59 Å². The van der Waals surface area contributed by atoms with Crippen LogP contribution in [0.5, 0.6) is 0 Å². The van der Waals surface area contributed by atoms with Gasteiger partial charge in [0.15, 0.2) is 0 Å². The molecule has 3 rings (SSSR count). The summed E-state index contributed by atoms with van der Waals surface area (Å²) in [5.41, 5.74) is 1.48.